The monoisotopic (exact) mass is 390 g/mol. The van der Waals surface area contributed by atoms with Gasteiger partial charge in [0.25, 0.3) is 5.91 Å². The molecule has 5 heteroatoms. The van der Waals surface area contributed by atoms with Crippen molar-refractivity contribution in [3.63, 3.8) is 0 Å². The summed E-state index contributed by atoms with van der Waals surface area (Å²) >= 11 is 1.65. The number of nitrogens with zero attached hydrogens (tertiary/aromatic N) is 1. The predicted octanol–water partition coefficient (Wildman–Crippen LogP) is 5.25. The Kier molecular flexibility index (Phi) is 5.17. The number of amides is 1. The summed E-state index contributed by atoms with van der Waals surface area (Å²) in [5, 5.41) is 6.28. The first-order valence-electron chi connectivity index (χ1n) is 9.21. The molecule has 0 spiro atoms. The summed E-state index contributed by atoms with van der Waals surface area (Å²) in [6, 6.07) is 21.9. The number of nitrogens with one attached hydrogen (secondary N) is 1. The van der Waals surface area contributed by atoms with Crippen LogP contribution in [0.15, 0.2) is 72.1 Å². The lowest BCUT2D eigenvalue weighted by atomic mass is 10.1. The molecule has 0 radical (unpaired) electrons. The molecular formula is C23H22N2O2S. The zero-order valence-corrected chi connectivity index (χ0v) is 16.7. The number of thiophene rings is 1. The molecule has 0 saturated carbocycles. The summed E-state index contributed by atoms with van der Waals surface area (Å²) in [6.45, 7) is 2.62. The molecule has 4 rings (SSSR count). The van der Waals surface area contributed by atoms with Crippen molar-refractivity contribution in [2.75, 3.05) is 7.11 Å². The Morgan fingerprint density at radius 3 is 2.71 bits per heavy atom. The fraction of sp³-hybridized carbons (Fsp3) is 0.174. The van der Waals surface area contributed by atoms with Crippen LogP contribution in [0.4, 0.5) is 0 Å². The highest BCUT2D eigenvalue weighted by Crippen LogP contribution is 2.27. The largest absolute Gasteiger partial charge is 0.497 e. The molecule has 2 aromatic heterocycles. The second kappa shape index (κ2) is 7.90. The Bertz CT molecular complexity index is 1100. The van der Waals surface area contributed by atoms with E-state index in [2.05, 4.69) is 27.4 Å². The van der Waals surface area contributed by atoms with Crippen molar-refractivity contribution in [3.05, 3.63) is 88.9 Å². The van der Waals surface area contributed by atoms with Gasteiger partial charge in [0.1, 0.15) is 16.3 Å². The SMILES string of the molecule is COc1cccc(Cn2c(C(=O)N[C@H](C)c3ccccc3)cc3ccsc32)c1. The molecule has 28 heavy (non-hydrogen) atoms. The Balaban J connectivity index is 1.64. The lowest BCUT2D eigenvalue weighted by Crippen LogP contribution is -2.28. The first-order chi connectivity index (χ1) is 13.7. The molecule has 142 valence electrons. The van der Waals surface area contributed by atoms with E-state index in [-0.39, 0.29) is 11.9 Å². The van der Waals surface area contributed by atoms with Gasteiger partial charge in [0, 0.05) is 11.9 Å². The lowest BCUT2D eigenvalue weighted by Gasteiger charge is -2.16. The van der Waals surface area contributed by atoms with Gasteiger partial charge in [-0.05, 0) is 47.7 Å². The van der Waals surface area contributed by atoms with Gasteiger partial charge in [-0.3, -0.25) is 4.79 Å². The predicted molar refractivity (Wildman–Crippen MR) is 114 cm³/mol. The van der Waals surface area contributed by atoms with Crippen molar-refractivity contribution >= 4 is 27.5 Å². The van der Waals surface area contributed by atoms with Crippen LogP contribution in [0, 0.1) is 0 Å². The van der Waals surface area contributed by atoms with Crippen LogP contribution < -0.4 is 10.1 Å². The molecule has 0 aliphatic rings. The number of fused-ring (bicyclic) bond motifs is 1. The maximum absolute atomic E-state index is 13.1. The van der Waals surface area contributed by atoms with Gasteiger partial charge in [-0.2, -0.15) is 0 Å². The van der Waals surface area contributed by atoms with Gasteiger partial charge in [0.05, 0.1) is 13.2 Å². The molecule has 0 fully saturated rings. The highest BCUT2D eigenvalue weighted by atomic mass is 32.1. The standard InChI is InChI=1S/C23H22N2O2S/c1-16(18-8-4-3-5-9-18)24-22(26)21-14-19-11-12-28-23(19)25(21)15-17-7-6-10-20(13-17)27-2/h3-14,16H,15H2,1-2H3,(H,24,26)/t16-/m1/s1. The number of hydrogen-bond donors (Lipinski definition) is 1. The van der Waals surface area contributed by atoms with Crippen molar-refractivity contribution in [2.24, 2.45) is 0 Å². The highest BCUT2D eigenvalue weighted by molar-refractivity contribution is 7.16. The minimum absolute atomic E-state index is 0.0631. The van der Waals surface area contributed by atoms with Gasteiger partial charge in [-0.25, -0.2) is 0 Å². The van der Waals surface area contributed by atoms with Gasteiger partial charge >= 0.3 is 0 Å². The van der Waals surface area contributed by atoms with Crippen LogP contribution in [0.5, 0.6) is 5.75 Å². The lowest BCUT2D eigenvalue weighted by molar-refractivity contribution is 0.0931. The van der Waals surface area contributed by atoms with E-state index in [9.17, 15) is 4.79 Å². The molecule has 0 unspecified atom stereocenters. The third-order valence-corrected chi connectivity index (χ3v) is 5.81. The smallest absolute Gasteiger partial charge is 0.268 e. The molecule has 0 bridgehead atoms. The van der Waals surface area contributed by atoms with Crippen LogP contribution in [0.1, 0.15) is 34.6 Å². The van der Waals surface area contributed by atoms with Crippen LogP contribution in [0.3, 0.4) is 0 Å². The van der Waals surface area contributed by atoms with E-state index in [1.165, 1.54) is 0 Å². The number of rotatable bonds is 6. The molecule has 0 aliphatic carbocycles. The molecule has 1 amide bonds. The van der Waals surface area contributed by atoms with Crippen molar-refractivity contribution in [2.45, 2.75) is 19.5 Å². The maximum Gasteiger partial charge on any atom is 0.268 e. The molecule has 2 aromatic carbocycles. The van der Waals surface area contributed by atoms with Crippen molar-refractivity contribution in [1.29, 1.82) is 0 Å². The van der Waals surface area contributed by atoms with Gasteiger partial charge < -0.3 is 14.6 Å². The Hall–Kier alpha value is -3.05. The number of carbonyl (C=O) groups excluding carboxylic acids is 1. The number of methoxy groups -OCH3 is 1. The van der Waals surface area contributed by atoms with Gasteiger partial charge in [-0.1, -0.05) is 42.5 Å². The number of aromatic nitrogens is 1. The van der Waals surface area contributed by atoms with E-state index >= 15 is 0 Å². The van der Waals surface area contributed by atoms with E-state index in [1.54, 1.807) is 18.4 Å². The van der Waals surface area contributed by atoms with Crippen LogP contribution in [0.2, 0.25) is 0 Å². The first-order valence-corrected chi connectivity index (χ1v) is 10.1. The van der Waals surface area contributed by atoms with Crippen LogP contribution >= 0.6 is 11.3 Å². The van der Waals surface area contributed by atoms with Crippen LogP contribution in [-0.4, -0.2) is 17.6 Å². The molecule has 0 aliphatic heterocycles. The van der Waals surface area contributed by atoms with Crippen LogP contribution in [0.25, 0.3) is 10.2 Å². The first kappa shape index (κ1) is 18.3. The zero-order chi connectivity index (χ0) is 19.5. The topological polar surface area (TPSA) is 43.3 Å². The second-order valence-corrected chi connectivity index (χ2v) is 7.65. The van der Waals surface area contributed by atoms with Crippen molar-refractivity contribution in [1.82, 2.24) is 9.88 Å². The zero-order valence-electron chi connectivity index (χ0n) is 15.9. The number of benzene rings is 2. The molecule has 4 aromatic rings. The summed E-state index contributed by atoms with van der Waals surface area (Å²) in [7, 11) is 1.66. The second-order valence-electron chi connectivity index (χ2n) is 6.75. The summed E-state index contributed by atoms with van der Waals surface area (Å²) in [5.74, 6) is 0.749. The summed E-state index contributed by atoms with van der Waals surface area (Å²) < 4.78 is 7.43. The van der Waals surface area contributed by atoms with E-state index in [4.69, 9.17) is 4.74 Å². The molecule has 2 heterocycles. The van der Waals surface area contributed by atoms with Crippen LogP contribution in [-0.2, 0) is 6.54 Å². The average molecular weight is 391 g/mol. The molecule has 4 nitrogen and oxygen atoms in total. The average Bonchev–Trinajstić information content (AvgIpc) is 3.31. The Morgan fingerprint density at radius 2 is 1.93 bits per heavy atom. The Morgan fingerprint density at radius 1 is 1.11 bits per heavy atom. The minimum Gasteiger partial charge on any atom is -0.497 e. The minimum atomic E-state index is -0.0670. The fourth-order valence-electron chi connectivity index (χ4n) is 3.37. The van der Waals surface area contributed by atoms with Crippen molar-refractivity contribution < 1.29 is 9.53 Å². The Labute approximate surface area is 168 Å². The van der Waals surface area contributed by atoms with Crippen molar-refractivity contribution in [3.8, 4) is 5.75 Å². The number of ether oxygens (including phenoxy) is 1. The molecule has 1 N–H and O–H groups in total. The molecular weight excluding hydrogens is 368 g/mol. The number of hydrogen-bond acceptors (Lipinski definition) is 3. The fourth-order valence-corrected chi connectivity index (χ4v) is 4.27. The van der Waals surface area contributed by atoms with E-state index in [0.717, 1.165) is 27.1 Å². The van der Waals surface area contributed by atoms with Gasteiger partial charge in [0.2, 0.25) is 0 Å². The summed E-state index contributed by atoms with van der Waals surface area (Å²) in [4.78, 5) is 14.2. The molecule has 1 atom stereocenters. The van der Waals surface area contributed by atoms with E-state index < -0.39 is 0 Å². The van der Waals surface area contributed by atoms with Gasteiger partial charge in [0.15, 0.2) is 0 Å². The summed E-state index contributed by atoms with van der Waals surface area (Å²) in [6.07, 6.45) is 0. The highest BCUT2D eigenvalue weighted by Gasteiger charge is 2.19. The third kappa shape index (κ3) is 3.66. The van der Waals surface area contributed by atoms with E-state index in [1.807, 2.05) is 61.5 Å². The molecule has 0 saturated heterocycles. The number of carbonyl (C=O) groups is 1. The maximum atomic E-state index is 13.1. The van der Waals surface area contributed by atoms with E-state index in [0.29, 0.717) is 12.2 Å². The third-order valence-electron chi connectivity index (χ3n) is 4.86. The quantitative estimate of drug-likeness (QED) is 0.489. The van der Waals surface area contributed by atoms with Gasteiger partial charge in [-0.15, -0.1) is 11.3 Å². The summed E-state index contributed by atoms with van der Waals surface area (Å²) in [5.41, 5.74) is 2.85. The normalized spacial score (nSPS) is 12.1.